The lowest BCUT2D eigenvalue weighted by Crippen LogP contribution is -2.24. The molecule has 0 amide bonds. The Hall–Kier alpha value is -2.03. The molecule has 0 saturated heterocycles. The van der Waals surface area contributed by atoms with Gasteiger partial charge in [-0.2, -0.15) is 0 Å². The van der Waals surface area contributed by atoms with Crippen molar-refractivity contribution < 1.29 is 0 Å². The van der Waals surface area contributed by atoms with Gasteiger partial charge in [0.25, 0.3) is 0 Å². The largest absolute Gasteiger partial charge is 0.399 e. The van der Waals surface area contributed by atoms with Gasteiger partial charge >= 0.3 is 0 Å². The van der Waals surface area contributed by atoms with Crippen molar-refractivity contribution in [3.63, 3.8) is 0 Å². The quantitative estimate of drug-likeness (QED) is 0.833. The molecule has 0 saturated carbocycles. The fourth-order valence-corrected chi connectivity index (χ4v) is 2.12. The molecule has 0 bridgehead atoms. The molecule has 1 aromatic carbocycles. The Morgan fingerprint density at radius 3 is 2.53 bits per heavy atom. The Kier molecular flexibility index (Phi) is 4.39. The van der Waals surface area contributed by atoms with Gasteiger partial charge in [0.15, 0.2) is 0 Å². The van der Waals surface area contributed by atoms with Crippen LogP contribution in [0.15, 0.2) is 42.6 Å². The average molecular weight is 255 g/mol. The van der Waals surface area contributed by atoms with Crippen molar-refractivity contribution in [1.82, 2.24) is 4.98 Å². The normalized spacial score (nSPS) is 10.4. The fourth-order valence-electron chi connectivity index (χ4n) is 2.12. The lowest BCUT2D eigenvalue weighted by atomic mass is 10.2. The van der Waals surface area contributed by atoms with E-state index < -0.39 is 0 Å². The summed E-state index contributed by atoms with van der Waals surface area (Å²) >= 11 is 0. The number of hydrogen-bond donors (Lipinski definition) is 1. The topological polar surface area (TPSA) is 42.2 Å². The first kappa shape index (κ1) is 13.4. The minimum atomic E-state index is 0.800. The van der Waals surface area contributed by atoms with E-state index in [0.717, 1.165) is 30.9 Å². The number of aryl methyl sites for hydroxylation is 1. The smallest absolute Gasteiger partial charge is 0.0626 e. The Labute approximate surface area is 115 Å². The summed E-state index contributed by atoms with van der Waals surface area (Å²) in [5.41, 5.74) is 10.1. The lowest BCUT2D eigenvalue weighted by molar-refractivity contribution is 0.750. The number of nitrogens with zero attached hydrogens (tertiary/aromatic N) is 2. The van der Waals surface area contributed by atoms with Crippen LogP contribution in [-0.2, 0) is 6.54 Å². The molecule has 0 aliphatic carbocycles. The van der Waals surface area contributed by atoms with E-state index in [-0.39, 0.29) is 0 Å². The number of nitrogens with two attached hydrogens (primary N) is 1. The molecule has 0 aliphatic rings. The monoisotopic (exact) mass is 255 g/mol. The molecular weight excluding hydrogens is 234 g/mol. The van der Waals surface area contributed by atoms with Gasteiger partial charge in [-0.25, -0.2) is 0 Å². The summed E-state index contributed by atoms with van der Waals surface area (Å²) in [7, 11) is 0. The zero-order chi connectivity index (χ0) is 13.7. The molecule has 3 nitrogen and oxygen atoms in total. The minimum Gasteiger partial charge on any atom is -0.399 e. The minimum absolute atomic E-state index is 0.800. The molecule has 0 aliphatic heterocycles. The van der Waals surface area contributed by atoms with Gasteiger partial charge in [0.1, 0.15) is 0 Å². The van der Waals surface area contributed by atoms with E-state index in [2.05, 4.69) is 41.9 Å². The van der Waals surface area contributed by atoms with E-state index in [1.54, 1.807) is 0 Å². The van der Waals surface area contributed by atoms with Crippen LogP contribution in [0.3, 0.4) is 0 Å². The van der Waals surface area contributed by atoms with E-state index >= 15 is 0 Å². The molecule has 1 heterocycles. The van der Waals surface area contributed by atoms with E-state index in [1.165, 1.54) is 11.3 Å². The summed E-state index contributed by atoms with van der Waals surface area (Å²) in [4.78, 5) is 6.82. The van der Waals surface area contributed by atoms with Gasteiger partial charge in [-0.05, 0) is 49.2 Å². The van der Waals surface area contributed by atoms with Gasteiger partial charge in [-0.3, -0.25) is 4.98 Å². The third-order valence-corrected chi connectivity index (χ3v) is 3.21. The number of hydrogen-bond acceptors (Lipinski definition) is 3. The molecule has 19 heavy (non-hydrogen) atoms. The Balaban J connectivity index is 2.21. The number of nitrogen functional groups attached to an aromatic ring is 1. The third-order valence-electron chi connectivity index (χ3n) is 3.21. The van der Waals surface area contributed by atoms with E-state index in [9.17, 15) is 0 Å². The Morgan fingerprint density at radius 1 is 1.16 bits per heavy atom. The van der Waals surface area contributed by atoms with Crippen molar-refractivity contribution in [3.05, 3.63) is 53.9 Å². The summed E-state index contributed by atoms with van der Waals surface area (Å²) < 4.78 is 0. The molecule has 3 heteroatoms. The highest BCUT2D eigenvalue weighted by Crippen LogP contribution is 2.19. The maximum Gasteiger partial charge on any atom is 0.0626 e. The molecule has 0 spiro atoms. The number of aromatic nitrogens is 1. The lowest BCUT2D eigenvalue weighted by Gasteiger charge is -2.24. The maximum atomic E-state index is 5.75. The zero-order valence-corrected chi connectivity index (χ0v) is 11.6. The van der Waals surface area contributed by atoms with Gasteiger partial charge in [0.05, 0.1) is 12.2 Å². The molecule has 2 N–H and O–H groups in total. The SMILES string of the molecule is CCCN(Cc1ncccc1C)c1ccc(N)cc1. The predicted octanol–water partition coefficient (Wildman–Crippen LogP) is 3.39. The molecule has 0 fully saturated rings. The highest BCUT2D eigenvalue weighted by molar-refractivity contribution is 5.53. The first-order valence-electron chi connectivity index (χ1n) is 6.71. The summed E-state index contributed by atoms with van der Waals surface area (Å²) in [6.45, 7) is 6.15. The fraction of sp³-hybridized carbons (Fsp3) is 0.312. The van der Waals surface area contributed by atoms with E-state index in [0.29, 0.717) is 0 Å². The van der Waals surface area contributed by atoms with Crippen molar-refractivity contribution in [1.29, 1.82) is 0 Å². The van der Waals surface area contributed by atoms with Crippen molar-refractivity contribution >= 4 is 11.4 Å². The Morgan fingerprint density at radius 2 is 1.89 bits per heavy atom. The van der Waals surface area contributed by atoms with Crippen LogP contribution in [0.25, 0.3) is 0 Å². The summed E-state index contributed by atoms with van der Waals surface area (Å²) in [6.07, 6.45) is 2.96. The van der Waals surface area contributed by atoms with Crippen LogP contribution in [0.2, 0.25) is 0 Å². The maximum absolute atomic E-state index is 5.75. The first-order valence-corrected chi connectivity index (χ1v) is 6.71. The molecule has 0 radical (unpaired) electrons. The molecule has 100 valence electrons. The molecule has 1 aromatic heterocycles. The van der Waals surface area contributed by atoms with Gasteiger partial charge < -0.3 is 10.6 Å². The summed E-state index contributed by atoms with van der Waals surface area (Å²) in [5.74, 6) is 0. The first-order chi connectivity index (χ1) is 9.20. The van der Waals surface area contributed by atoms with Gasteiger partial charge in [0, 0.05) is 24.1 Å². The second-order valence-corrected chi connectivity index (χ2v) is 4.78. The molecular formula is C16H21N3. The van der Waals surface area contributed by atoms with Crippen molar-refractivity contribution in [3.8, 4) is 0 Å². The van der Waals surface area contributed by atoms with Crippen molar-refractivity contribution in [2.45, 2.75) is 26.8 Å². The predicted molar refractivity (Wildman–Crippen MR) is 81.2 cm³/mol. The summed E-state index contributed by atoms with van der Waals surface area (Å²) in [5, 5.41) is 0. The van der Waals surface area contributed by atoms with Crippen LogP contribution in [0.1, 0.15) is 24.6 Å². The second kappa shape index (κ2) is 6.23. The van der Waals surface area contributed by atoms with Gasteiger partial charge in [-0.1, -0.05) is 13.0 Å². The molecule has 2 aromatic rings. The van der Waals surface area contributed by atoms with E-state index in [4.69, 9.17) is 5.73 Å². The number of pyridine rings is 1. The number of anilines is 2. The highest BCUT2D eigenvalue weighted by Gasteiger charge is 2.08. The average Bonchev–Trinajstić information content (AvgIpc) is 2.42. The number of rotatable bonds is 5. The molecule has 0 atom stereocenters. The highest BCUT2D eigenvalue weighted by atomic mass is 15.1. The van der Waals surface area contributed by atoms with Crippen LogP contribution in [0.5, 0.6) is 0 Å². The molecule has 0 unspecified atom stereocenters. The van der Waals surface area contributed by atoms with Crippen molar-refractivity contribution in [2.24, 2.45) is 0 Å². The van der Waals surface area contributed by atoms with Gasteiger partial charge in [0.2, 0.25) is 0 Å². The summed E-state index contributed by atoms with van der Waals surface area (Å²) in [6, 6.07) is 12.1. The standard InChI is InChI=1S/C16H21N3/c1-3-11-19(15-8-6-14(17)7-9-15)12-16-13(2)5-4-10-18-16/h4-10H,3,11-12,17H2,1-2H3. The van der Waals surface area contributed by atoms with Crippen LogP contribution in [0.4, 0.5) is 11.4 Å². The zero-order valence-electron chi connectivity index (χ0n) is 11.6. The van der Waals surface area contributed by atoms with Crippen LogP contribution in [0, 0.1) is 6.92 Å². The Bertz CT molecular complexity index is 520. The number of benzene rings is 1. The third kappa shape index (κ3) is 3.47. The molecule has 2 rings (SSSR count). The van der Waals surface area contributed by atoms with Gasteiger partial charge in [-0.15, -0.1) is 0 Å². The second-order valence-electron chi connectivity index (χ2n) is 4.78. The van der Waals surface area contributed by atoms with E-state index in [1.807, 2.05) is 24.4 Å². The van der Waals surface area contributed by atoms with Crippen LogP contribution < -0.4 is 10.6 Å². The van der Waals surface area contributed by atoms with Crippen molar-refractivity contribution in [2.75, 3.05) is 17.2 Å². The van der Waals surface area contributed by atoms with Crippen LogP contribution >= 0.6 is 0 Å². The van der Waals surface area contributed by atoms with Crippen LogP contribution in [-0.4, -0.2) is 11.5 Å².